The quantitative estimate of drug-likeness (QED) is 0.747. The molecule has 3 aromatic rings. The summed E-state index contributed by atoms with van der Waals surface area (Å²) in [6.45, 7) is 3.07. The third-order valence-electron chi connectivity index (χ3n) is 4.48. The van der Waals surface area contributed by atoms with Gasteiger partial charge in [0.2, 0.25) is 5.91 Å². The van der Waals surface area contributed by atoms with Gasteiger partial charge in [0.25, 0.3) is 0 Å². The monoisotopic (exact) mass is 305 g/mol. The predicted molar refractivity (Wildman–Crippen MR) is 85.7 cm³/mol. The first-order chi connectivity index (χ1) is 11.2. The van der Waals surface area contributed by atoms with E-state index in [2.05, 4.69) is 16.0 Å². The number of carbonyl (C=O) groups excluding carboxylic acids is 1. The number of carbonyl (C=O) groups is 1. The fourth-order valence-corrected chi connectivity index (χ4v) is 3.21. The van der Waals surface area contributed by atoms with Crippen molar-refractivity contribution in [1.82, 2.24) is 19.9 Å². The van der Waals surface area contributed by atoms with Gasteiger partial charge in [-0.05, 0) is 24.6 Å². The number of likely N-dealkylation sites (tertiary alicyclic amines) is 1. The zero-order valence-electron chi connectivity index (χ0n) is 12.7. The van der Waals surface area contributed by atoms with Crippen LogP contribution in [0.15, 0.2) is 24.4 Å². The Hall–Kier alpha value is -2.94. The molecule has 6 nitrogen and oxygen atoms in total. The van der Waals surface area contributed by atoms with Crippen LogP contribution in [0.3, 0.4) is 0 Å². The summed E-state index contributed by atoms with van der Waals surface area (Å²) in [4.78, 5) is 25.8. The maximum Gasteiger partial charge on any atom is 0.219 e. The smallest absolute Gasteiger partial charge is 0.219 e. The number of nitrogens with one attached hydrogen (secondary N) is 1. The van der Waals surface area contributed by atoms with Crippen LogP contribution in [0.25, 0.3) is 21.9 Å². The third-order valence-corrected chi connectivity index (χ3v) is 4.48. The molecule has 1 aliphatic rings. The minimum absolute atomic E-state index is 0.106. The van der Waals surface area contributed by atoms with Crippen LogP contribution in [0.2, 0.25) is 0 Å². The van der Waals surface area contributed by atoms with Gasteiger partial charge in [-0.1, -0.05) is 0 Å². The molecule has 1 saturated heterocycles. The van der Waals surface area contributed by atoms with Gasteiger partial charge in [0, 0.05) is 31.3 Å². The van der Waals surface area contributed by atoms with Crippen molar-refractivity contribution in [3.63, 3.8) is 0 Å². The van der Waals surface area contributed by atoms with Gasteiger partial charge in [0.1, 0.15) is 5.82 Å². The summed E-state index contributed by atoms with van der Waals surface area (Å²) in [5.41, 5.74) is 3.12. The van der Waals surface area contributed by atoms with Crippen molar-refractivity contribution in [1.29, 1.82) is 5.26 Å². The number of nitrogens with zero attached hydrogens (tertiary/aromatic N) is 4. The number of amides is 1. The molecule has 6 heteroatoms. The number of aromatic nitrogens is 3. The fourth-order valence-electron chi connectivity index (χ4n) is 3.21. The van der Waals surface area contributed by atoms with Crippen LogP contribution in [-0.4, -0.2) is 38.8 Å². The first-order valence-electron chi connectivity index (χ1n) is 7.59. The molecule has 1 unspecified atom stereocenters. The Bertz CT molecular complexity index is 968. The van der Waals surface area contributed by atoms with E-state index in [4.69, 9.17) is 10.2 Å². The SMILES string of the molecule is CC(=O)N1CCC(c2nc3c(cnc4ccc(C#N)cc43)[nH]2)C1. The van der Waals surface area contributed by atoms with E-state index in [1.54, 1.807) is 19.2 Å². The maximum atomic E-state index is 11.5. The molecular formula is C17H15N5O. The topological polar surface area (TPSA) is 85.7 Å². The molecule has 3 heterocycles. The van der Waals surface area contributed by atoms with E-state index in [1.807, 2.05) is 17.0 Å². The van der Waals surface area contributed by atoms with Crippen LogP contribution in [0.4, 0.5) is 0 Å². The molecule has 4 rings (SSSR count). The molecule has 1 fully saturated rings. The van der Waals surface area contributed by atoms with Gasteiger partial charge < -0.3 is 9.88 Å². The number of fused-ring (bicyclic) bond motifs is 3. The van der Waals surface area contributed by atoms with Gasteiger partial charge in [-0.2, -0.15) is 5.26 Å². The number of H-pyrrole nitrogens is 1. The lowest BCUT2D eigenvalue weighted by molar-refractivity contribution is -0.127. The van der Waals surface area contributed by atoms with Crippen LogP contribution in [-0.2, 0) is 4.79 Å². The van der Waals surface area contributed by atoms with Crippen LogP contribution >= 0.6 is 0 Å². The summed E-state index contributed by atoms with van der Waals surface area (Å²) in [6, 6.07) is 7.58. The number of pyridine rings is 1. The van der Waals surface area contributed by atoms with Crippen LogP contribution in [0.1, 0.15) is 30.7 Å². The van der Waals surface area contributed by atoms with Crippen LogP contribution in [0.5, 0.6) is 0 Å². The summed E-state index contributed by atoms with van der Waals surface area (Å²) in [5, 5.41) is 9.97. The summed E-state index contributed by atoms with van der Waals surface area (Å²) >= 11 is 0. The van der Waals surface area contributed by atoms with Crippen molar-refractivity contribution in [2.24, 2.45) is 0 Å². The van der Waals surface area contributed by atoms with Gasteiger partial charge in [-0.15, -0.1) is 0 Å². The molecule has 0 radical (unpaired) electrons. The molecule has 0 aliphatic carbocycles. The highest BCUT2D eigenvalue weighted by Crippen LogP contribution is 2.29. The van der Waals surface area contributed by atoms with E-state index in [-0.39, 0.29) is 11.8 Å². The maximum absolute atomic E-state index is 11.5. The molecule has 0 bridgehead atoms. The van der Waals surface area contributed by atoms with E-state index in [1.165, 1.54) is 0 Å². The van der Waals surface area contributed by atoms with Crippen LogP contribution in [0, 0.1) is 11.3 Å². The zero-order valence-corrected chi connectivity index (χ0v) is 12.7. The van der Waals surface area contributed by atoms with E-state index in [9.17, 15) is 4.79 Å². The van der Waals surface area contributed by atoms with E-state index in [0.717, 1.165) is 40.7 Å². The highest BCUT2D eigenvalue weighted by atomic mass is 16.2. The highest BCUT2D eigenvalue weighted by molar-refractivity contribution is 6.02. The average Bonchev–Trinajstić information content (AvgIpc) is 3.20. The molecule has 1 aromatic carbocycles. The Kier molecular flexibility index (Phi) is 3.01. The first-order valence-corrected chi connectivity index (χ1v) is 7.59. The molecular weight excluding hydrogens is 290 g/mol. The lowest BCUT2D eigenvalue weighted by Crippen LogP contribution is -2.25. The molecule has 1 amide bonds. The number of nitriles is 1. The Morgan fingerprint density at radius 3 is 3.09 bits per heavy atom. The Morgan fingerprint density at radius 2 is 2.35 bits per heavy atom. The lowest BCUT2D eigenvalue weighted by atomic mass is 10.1. The molecule has 0 spiro atoms. The predicted octanol–water partition coefficient (Wildman–Crippen LogP) is 2.32. The Morgan fingerprint density at radius 1 is 1.48 bits per heavy atom. The van der Waals surface area contributed by atoms with Gasteiger partial charge in [-0.25, -0.2) is 4.98 Å². The van der Waals surface area contributed by atoms with Crippen molar-refractivity contribution in [2.75, 3.05) is 13.1 Å². The fraction of sp³-hybridized carbons (Fsp3) is 0.294. The number of hydrogen-bond donors (Lipinski definition) is 1. The molecule has 2 aromatic heterocycles. The van der Waals surface area contributed by atoms with E-state index < -0.39 is 0 Å². The summed E-state index contributed by atoms with van der Waals surface area (Å²) in [6.07, 6.45) is 2.69. The number of imidazole rings is 1. The van der Waals surface area contributed by atoms with E-state index >= 15 is 0 Å². The molecule has 0 saturated carbocycles. The van der Waals surface area contributed by atoms with Gasteiger partial charge in [-0.3, -0.25) is 9.78 Å². The third kappa shape index (κ3) is 2.21. The van der Waals surface area contributed by atoms with Crippen molar-refractivity contribution in [3.8, 4) is 6.07 Å². The molecule has 1 N–H and O–H groups in total. The number of aromatic amines is 1. The number of hydrogen-bond acceptors (Lipinski definition) is 4. The molecule has 23 heavy (non-hydrogen) atoms. The van der Waals surface area contributed by atoms with Gasteiger partial charge >= 0.3 is 0 Å². The Balaban J connectivity index is 1.80. The Labute approximate surface area is 132 Å². The van der Waals surface area contributed by atoms with Crippen LogP contribution < -0.4 is 0 Å². The molecule has 114 valence electrons. The second-order valence-electron chi connectivity index (χ2n) is 5.94. The summed E-state index contributed by atoms with van der Waals surface area (Å²) < 4.78 is 0. The molecule has 1 atom stereocenters. The molecule has 1 aliphatic heterocycles. The normalized spacial score (nSPS) is 17.7. The van der Waals surface area contributed by atoms with Gasteiger partial charge in [0.15, 0.2) is 0 Å². The number of benzene rings is 1. The van der Waals surface area contributed by atoms with Crippen molar-refractivity contribution < 1.29 is 4.79 Å². The number of rotatable bonds is 1. The van der Waals surface area contributed by atoms with E-state index in [0.29, 0.717) is 12.1 Å². The second kappa shape index (κ2) is 5.06. The largest absolute Gasteiger partial charge is 0.342 e. The zero-order chi connectivity index (χ0) is 16.0. The standard InChI is InChI=1S/C17H15N5O/c1-10(23)22-5-4-12(9-22)17-20-15-8-19-14-3-2-11(7-18)6-13(14)16(15)21-17/h2-3,6,8,12H,4-5,9H2,1H3,(H,20,21). The minimum Gasteiger partial charge on any atom is -0.342 e. The summed E-state index contributed by atoms with van der Waals surface area (Å²) in [5.74, 6) is 1.22. The van der Waals surface area contributed by atoms with Gasteiger partial charge in [0.05, 0.1) is 34.4 Å². The minimum atomic E-state index is 0.106. The van der Waals surface area contributed by atoms with Crippen molar-refractivity contribution in [2.45, 2.75) is 19.3 Å². The lowest BCUT2D eigenvalue weighted by Gasteiger charge is -2.12. The van der Waals surface area contributed by atoms with Crippen molar-refractivity contribution in [3.05, 3.63) is 35.8 Å². The first kappa shape index (κ1) is 13.7. The average molecular weight is 305 g/mol. The second-order valence-corrected chi connectivity index (χ2v) is 5.94. The summed E-state index contributed by atoms with van der Waals surface area (Å²) in [7, 11) is 0. The highest BCUT2D eigenvalue weighted by Gasteiger charge is 2.27. The van der Waals surface area contributed by atoms with Crippen molar-refractivity contribution >= 4 is 27.8 Å².